The number of para-hydroxylation sites is 1. The van der Waals surface area contributed by atoms with E-state index in [2.05, 4.69) is 16.0 Å². The second kappa shape index (κ2) is 34.2. The minimum absolute atomic E-state index is 0.0123. The van der Waals surface area contributed by atoms with E-state index >= 15 is 0 Å². The monoisotopic (exact) mass is 1280 g/mol. The highest BCUT2D eigenvalue weighted by Gasteiger charge is 2.64. The van der Waals surface area contributed by atoms with Gasteiger partial charge in [0, 0.05) is 96.5 Å². The molecule has 0 radical (unpaired) electrons. The molecule has 2 saturated heterocycles. The molecule has 24 heteroatoms. The largest absolute Gasteiger partial charge is 0.495 e. The number of nitrogens with one attached hydrogen (secondary N) is 3. The molecule has 3 aromatic rings. The van der Waals surface area contributed by atoms with Gasteiger partial charge in [0.25, 0.3) is 0 Å². The summed E-state index contributed by atoms with van der Waals surface area (Å²) in [5.74, 6) is -2.05. The van der Waals surface area contributed by atoms with E-state index in [1.165, 1.54) is 35.8 Å². The van der Waals surface area contributed by atoms with E-state index in [1.807, 2.05) is 92.7 Å². The molecule has 1 unspecified atom stereocenters. The maximum Gasteiger partial charge on any atom is 0.407 e. The van der Waals surface area contributed by atoms with Crippen molar-refractivity contribution >= 4 is 76.0 Å². The molecular weight excluding hydrogens is 1190 g/mol. The molecule has 23 nitrogen and oxygen atoms in total. The summed E-state index contributed by atoms with van der Waals surface area (Å²) in [5, 5.41) is 9.19. The van der Waals surface area contributed by atoms with E-state index in [1.54, 1.807) is 33.0 Å². The van der Waals surface area contributed by atoms with Crippen molar-refractivity contribution < 1.29 is 71.5 Å². The number of alkyl carbamates (subject to hydrolysis) is 1. The summed E-state index contributed by atoms with van der Waals surface area (Å²) in [7, 11) is 8.04. The maximum atomic E-state index is 14.3. The number of amides is 6. The average molecular weight is 1280 g/mol. The maximum absolute atomic E-state index is 14.3. The van der Waals surface area contributed by atoms with Gasteiger partial charge in [-0.3, -0.25) is 24.0 Å². The van der Waals surface area contributed by atoms with Gasteiger partial charge in [-0.25, -0.2) is 9.59 Å². The van der Waals surface area contributed by atoms with Crippen LogP contribution in [-0.2, 0) is 74.9 Å². The van der Waals surface area contributed by atoms with E-state index < -0.39 is 47.9 Å². The van der Waals surface area contributed by atoms with Gasteiger partial charge in [0.15, 0.2) is 0 Å². The number of rotatable bonds is 27. The predicted octanol–water partition coefficient (Wildman–Crippen LogP) is 6.71. The molecule has 2 fully saturated rings. The van der Waals surface area contributed by atoms with E-state index in [-0.39, 0.29) is 98.9 Å². The third-order valence-corrected chi connectivity index (χ3v) is 17.4. The highest BCUT2D eigenvalue weighted by molar-refractivity contribution is 6.35. The van der Waals surface area contributed by atoms with Gasteiger partial charge in [0.05, 0.1) is 102 Å². The zero-order valence-corrected chi connectivity index (χ0v) is 54.7. The molecule has 0 saturated carbocycles. The number of allylic oxidation sites excluding steroid dienone is 3. The Morgan fingerprint density at radius 1 is 0.879 bits per heavy atom. The molecule has 4 aliphatic rings. The van der Waals surface area contributed by atoms with Crippen molar-refractivity contribution in [3.8, 4) is 5.75 Å². The molecule has 7 atom stereocenters. The molecule has 7 rings (SSSR count). The van der Waals surface area contributed by atoms with Gasteiger partial charge in [0.1, 0.15) is 34.6 Å². The Morgan fingerprint density at radius 3 is 2.24 bits per heavy atom. The summed E-state index contributed by atoms with van der Waals surface area (Å²) < 4.78 is 46.3. The van der Waals surface area contributed by atoms with Crippen LogP contribution in [0.4, 0.5) is 16.2 Å². The van der Waals surface area contributed by atoms with Crippen LogP contribution in [0, 0.1) is 5.92 Å². The van der Waals surface area contributed by atoms with E-state index in [0.29, 0.717) is 89.1 Å². The fourth-order valence-electron chi connectivity index (χ4n) is 11.3. The number of benzene rings is 3. The zero-order chi connectivity index (χ0) is 65.8. The SMILES string of the molecule is CN/C1=C(\N)c2ccccc2CN(C(=O)CCNC(=O)CCOCCOCCOCCOCCN(C)C(=O)CCCC(=O)N(C)[C@@H](C)C(=O)O[C@H]2CC(=O)N(C)c3cc(cc(OC)c3Cl)C/C(C)=C\C=C\CC3C[C@H](OC(=O)N3)[C@@H](C)[C@@H]3O[C@@]23C)c2ccccc21. The molecule has 4 bridgehead atoms. The van der Waals surface area contributed by atoms with Crippen LogP contribution >= 0.6 is 11.6 Å². The fourth-order valence-corrected chi connectivity index (χ4v) is 11.6. The number of hydrogen-bond donors (Lipinski definition) is 4. The summed E-state index contributed by atoms with van der Waals surface area (Å²) in [6.07, 6.45) is 5.06. The number of likely N-dealkylation sites (N-methyl/N-ethyl adjacent to an activating group) is 2. The Hall–Kier alpha value is -7.54. The van der Waals surface area contributed by atoms with Gasteiger partial charge < -0.3 is 79.2 Å². The Labute approximate surface area is 539 Å². The summed E-state index contributed by atoms with van der Waals surface area (Å²) in [4.78, 5) is 99.9. The van der Waals surface area contributed by atoms with Crippen LogP contribution in [0.25, 0.3) is 11.4 Å². The third kappa shape index (κ3) is 19.5. The molecule has 496 valence electrons. The molecule has 4 aliphatic heterocycles. The highest BCUT2D eigenvalue weighted by atomic mass is 35.5. The number of halogens is 1. The predicted molar refractivity (Wildman–Crippen MR) is 345 cm³/mol. The first-order chi connectivity index (χ1) is 43.6. The van der Waals surface area contributed by atoms with Crippen molar-refractivity contribution in [3.63, 3.8) is 0 Å². The number of carbonyl (C=O) groups is 7. The number of methoxy groups -OCH3 is 1. The van der Waals surface area contributed by atoms with E-state index in [0.717, 1.165) is 39.2 Å². The summed E-state index contributed by atoms with van der Waals surface area (Å²) >= 11 is 6.83. The van der Waals surface area contributed by atoms with Gasteiger partial charge in [-0.15, -0.1) is 0 Å². The summed E-state index contributed by atoms with van der Waals surface area (Å²) in [6.45, 7) is 10.4. The fraction of sp³-hybridized carbons (Fsp3) is 0.537. The van der Waals surface area contributed by atoms with Crippen molar-refractivity contribution in [2.24, 2.45) is 11.7 Å². The lowest BCUT2D eigenvalue weighted by molar-refractivity contribution is -0.162. The first kappa shape index (κ1) is 70.9. The number of nitrogens with zero attached hydrogens (tertiary/aromatic N) is 4. The average Bonchev–Trinajstić information content (AvgIpc) is 1.59. The second-order valence-electron chi connectivity index (χ2n) is 23.5. The second-order valence-corrected chi connectivity index (χ2v) is 23.9. The van der Waals surface area contributed by atoms with Gasteiger partial charge >= 0.3 is 12.1 Å². The molecule has 91 heavy (non-hydrogen) atoms. The van der Waals surface area contributed by atoms with Gasteiger partial charge in [-0.1, -0.05) is 84.8 Å². The smallest absolute Gasteiger partial charge is 0.407 e. The molecule has 5 N–H and O–H groups in total. The molecule has 4 heterocycles. The van der Waals surface area contributed by atoms with Gasteiger partial charge in [-0.2, -0.15) is 0 Å². The number of ether oxygens (including phenoxy) is 8. The number of esters is 1. The molecule has 3 aromatic carbocycles. The van der Waals surface area contributed by atoms with Crippen LogP contribution in [0.3, 0.4) is 0 Å². The lowest BCUT2D eigenvalue weighted by Crippen LogP contribution is -2.49. The Morgan fingerprint density at radius 2 is 1.54 bits per heavy atom. The third-order valence-electron chi connectivity index (χ3n) is 17.0. The van der Waals surface area contributed by atoms with Crippen LogP contribution < -0.4 is 36.2 Å². The topological polar surface area (TPSA) is 272 Å². The number of hydrogen-bond acceptors (Lipinski definition) is 17. The van der Waals surface area contributed by atoms with Crippen LogP contribution in [0.2, 0.25) is 5.02 Å². The van der Waals surface area contributed by atoms with Crippen LogP contribution in [0.5, 0.6) is 5.75 Å². The van der Waals surface area contributed by atoms with Crippen molar-refractivity contribution in [1.29, 1.82) is 0 Å². The summed E-state index contributed by atoms with van der Waals surface area (Å²) in [5.41, 5.74) is 12.4. The number of nitrogens with two attached hydrogens (primary N) is 1. The quantitative estimate of drug-likeness (QED) is 0.0351. The van der Waals surface area contributed by atoms with Crippen LogP contribution in [-0.4, -0.2) is 189 Å². The minimum atomic E-state index is -1.17. The van der Waals surface area contributed by atoms with Crippen LogP contribution in [0.1, 0.15) is 101 Å². The van der Waals surface area contributed by atoms with Crippen LogP contribution in [0.15, 0.2) is 84.5 Å². The van der Waals surface area contributed by atoms with E-state index in [4.69, 9.17) is 55.2 Å². The first-order valence-corrected chi connectivity index (χ1v) is 31.6. The Bertz CT molecular complexity index is 3140. The molecule has 0 spiro atoms. The Balaban J connectivity index is 0.751. The van der Waals surface area contributed by atoms with Crippen molar-refractivity contribution in [2.45, 2.75) is 128 Å². The molecule has 0 aliphatic carbocycles. The molecular formula is C67H91ClN8O15. The highest BCUT2D eigenvalue weighted by Crippen LogP contribution is 2.49. The lowest BCUT2D eigenvalue weighted by Gasteiger charge is -2.33. The van der Waals surface area contributed by atoms with Crippen molar-refractivity contribution in [3.05, 3.63) is 112 Å². The standard InChI is InChI=1S/C67H91ClN8O15/c1-43-17-10-12-19-48-40-53(89-66(83)72-48)44(2)64-67(4,91-64)55(41-60(81)75(8)52-38-46(37-43)39-54(84-9)61(52)68)90-65(82)45(3)74(7)58(79)24-16-23-57(78)73(6)28-30-86-32-34-88-36-35-87-33-31-85-29-26-56(77)71-27-25-59(80)76-42-47-18-11-13-20-49(47)62(69)63(70-5)50-21-14-15-22-51(50)76/h10-15,17-18,20-22,38-39,44-45,48,53,55,64,70H,16,19,23-37,40-42,69H2,1-9H3,(H,71,77)(H,72,83)/b12-10+,43-17-,63-62-/t44-,45+,48?,53+,55+,64+,67+/m1/s1. The minimum Gasteiger partial charge on any atom is -0.495 e. The number of fused-ring (bicyclic) bond motifs is 7. The number of epoxide rings is 1. The lowest BCUT2D eigenvalue weighted by atomic mass is 9.85. The van der Waals surface area contributed by atoms with Crippen molar-refractivity contribution in [2.75, 3.05) is 111 Å². The summed E-state index contributed by atoms with van der Waals surface area (Å²) in [6, 6.07) is 17.8. The van der Waals surface area contributed by atoms with Gasteiger partial charge in [-0.05, 0) is 69.4 Å². The molecule has 0 aromatic heterocycles. The Kier molecular flexibility index (Phi) is 26.7. The zero-order valence-electron chi connectivity index (χ0n) is 54.0. The van der Waals surface area contributed by atoms with Gasteiger partial charge in [0.2, 0.25) is 29.5 Å². The van der Waals surface area contributed by atoms with Crippen molar-refractivity contribution in [1.82, 2.24) is 25.8 Å². The van der Waals surface area contributed by atoms with E-state index in [9.17, 15) is 33.6 Å². The number of carbonyl (C=O) groups excluding carboxylic acids is 7. The normalized spacial score (nSPS) is 22.8. The number of anilines is 2. The first-order valence-electron chi connectivity index (χ1n) is 31.2. The molecule has 6 amide bonds.